The predicted molar refractivity (Wildman–Crippen MR) is 266 cm³/mol. The van der Waals surface area contributed by atoms with Gasteiger partial charge in [-0.1, -0.05) is 217 Å². The van der Waals surface area contributed by atoms with Crippen LogP contribution in [0.25, 0.3) is 0 Å². The monoisotopic (exact) mass is 896 g/mol. The van der Waals surface area contributed by atoms with Crippen molar-refractivity contribution in [3.05, 3.63) is 36.5 Å². The molecule has 0 bridgehead atoms. The summed E-state index contributed by atoms with van der Waals surface area (Å²) in [6, 6.07) is 0. The summed E-state index contributed by atoms with van der Waals surface area (Å²) >= 11 is 0. The molecule has 3 N–H and O–H groups in total. The molecule has 0 rings (SSSR count). The van der Waals surface area contributed by atoms with E-state index in [2.05, 4.69) is 50.3 Å². The topological polar surface area (TPSA) is 117 Å². The first kappa shape index (κ1) is 60.7. The zero-order chi connectivity index (χ0) is 45.1. The zero-order valence-corrected chi connectivity index (χ0v) is 41.8. The number of rotatable bonds is 51. The minimum Gasteiger partial charge on any atom is -0.457 e. The minimum absolute atomic E-state index is 0.0954. The average molecular weight is 896 g/mol. The molecule has 0 heterocycles. The summed E-state index contributed by atoms with van der Waals surface area (Å²) in [6.07, 6.45) is 60.4. The van der Waals surface area contributed by atoms with Crippen LogP contribution < -0.4 is 5.73 Å². The number of ether oxygens (including phenoxy) is 2. The first-order valence-corrected chi connectivity index (χ1v) is 28.0. The Hall–Kier alpha value is -1.28. The van der Waals surface area contributed by atoms with E-state index in [1.807, 2.05) is 0 Å². The van der Waals surface area contributed by atoms with Crippen molar-refractivity contribution in [2.75, 3.05) is 33.0 Å². The smallest absolute Gasteiger partial charge is 0.457 e. The molecule has 0 aromatic rings. The zero-order valence-electron chi connectivity index (χ0n) is 40.9. The van der Waals surface area contributed by atoms with Gasteiger partial charge in [0.1, 0.15) is 6.10 Å². The Morgan fingerprint density at radius 2 is 0.855 bits per heavy atom. The van der Waals surface area contributed by atoms with Gasteiger partial charge in [-0.25, -0.2) is 4.57 Å². The van der Waals surface area contributed by atoms with Crippen LogP contribution in [-0.4, -0.2) is 49.9 Å². The van der Waals surface area contributed by atoms with Gasteiger partial charge in [-0.05, 0) is 70.6 Å². The molecule has 9 heteroatoms. The molecule has 2 unspecified atom stereocenters. The molecule has 0 amide bonds. The van der Waals surface area contributed by atoms with E-state index in [0.717, 1.165) is 38.5 Å². The van der Waals surface area contributed by atoms with Gasteiger partial charge in [0.25, 0.3) is 0 Å². The van der Waals surface area contributed by atoms with Crippen LogP contribution in [0.2, 0.25) is 0 Å². The minimum atomic E-state index is -4.28. The highest BCUT2D eigenvalue weighted by Gasteiger charge is 2.25. The lowest BCUT2D eigenvalue weighted by molar-refractivity contribution is -0.154. The van der Waals surface area contributed by atoms with Crippen molar-refractivity contribution >= 4 is 13.8 Å². The van der Waals surface area contributed by atoms with Crippen molar-refractivity contribution in [2.45, 2.75) is 264 Å². The van der Waals surface area contributed by atoms with Crippen molar-refractivity contribution in [2.24, 2.45) is 5.73 Å². The van der Waals surface area contributed by atoms with E-state index in [1.165, 1.54) is 199 Å². The Morgan fingerprint density at radius 3 is 1.31 bits per heavy atom. The van der Waals surface area contributed by atoms with Gasteiger partial charge in [0.2, 0.25) is 0 Å². The van der Waals surface area contributed by atoms with E-state index in [-0.39, 0.29) is 32.3 Å². The van der Waals surface area contributed by atoms with E-state index in [1.54, 1.807) is 0 Å². The molecular weight excluding hydrogens is 794 g/mol. The largest absolute Gasteiger partial charge is 0.472 e. The van der Waals surface area contributed by atoms with E-state index in [0.29, 0.717) is 13.0 Å². The molecule has 62 heavy (non-hydrogen) atoms. The number of carbonyl (C=O) groups excluding carboxylic acids is 1. The Balaban J connectivity index is 3.91. The molecule has 0 aliphatic heterocycles. The first-order chi connectivity index (χ1) is 30.4. The number of phosphoric ester groups is 1. The SMILES string of the molecule is CCCCC/C=C\C/C=C\CCCCCCCCCCCCOCC(COP(=O)(O)OCCN)OC(=O)CCCCCCCCCCCCC/C=C\CCCCCCCCCC. The first-order valence-electron chi connectivity index (χ1n) is 26.5. The van der Waals surface area contributed by atoms with Crippen LogP contribution in [0.1, 0.15) is 258 Å². The molecule has 8 nitrogen and oxygen atoms in total. The normalized spacial score (nSPS) is 13.5. The maximum absolute atomic E-state index is 12.7. The quantitative estimate of drug-likeness (QED) is 0.0268. The lowest BCUT2D eigenvalue weighted by atomic mass is 10.0. The number of hydrogen-bond acceptors (Lipinski definition) is 7. The molecular formula is C53H102NO7P. The molecule has 366 valence electrons. The Kier molecular flexibility index (Phi) is 49.7. The van der Waals surface area contributed by atoms with E-state index < -0.39 is 13.9 Å². The van der Waals surface area contributed by atoms with Crippen LogP contribution in [0.3, 0.4) is 0 Å². The average Bonchev–Trinajstić information content (AvgIpc) is 3.26. The van der Waals surface area contributed by atoms with Crippen LogP contribution in [0, 0.1) is 0 Å². The standard InChI is InChI=1S/C53H102NO7P/c1-3-5-7-9-11-13-15-17-19-21-23-25-26-27-28-30-32-34-36-38-40-42-44-46-53(55)61-52(51-60-62(56,57)59-49-47-54)50-58-48-45-43-41-39-37-35-33-31-29-24-22-20-18-16-14-12-10-8-6-4-2/h12,14,18,20-21,23,52H,3-11,13,15-17,19,22,24-51,54H2,1-2H3,(H,56,57)/b14-12-,20-18-,23-21-. The summed E-state index contributed by atoms with van der Waals surface area (Å²) in [4.78, 5) is 22.6. The lowest BCUT2D eigenvalue weighted by Gasteiger charge is -2.20. The molecule has 0 fully saturated rings. The van der Waals surface area contributed by atoms with Crippen molar-refractivity contribution in [1.29, 1.82) is 0 Å². The van der Waals surface area contributed by atoms with Gasteiger partial charge in [0.15, 0.2) is 0 Å². The third-order valence-electron chi connectivity index (χ3n) is 11.5. The van der Waals surface area contributed by atoms with Crippen LogP contribution in [0.15, 0.2) is 36.5 Å². The summed E-state index contributed by atoms with van der Waals surface area (Å²) in [5, 5.41) is 0. The van der Waals surface area contributed by atoms with E-state index in [4.69, 9.17) is 24.3 Å². The number of esters is 1. The van der Waals surface area contributed by atoms with Crippen molar-refractivity contribution in [3.8, 4) is 0 Å². The molecule has 0 aromatic heterocycles. The maximum atomic E-state index is 12.7. The number of allylic oxidation sites excluding steroid dienone is 6. The lowest BCUT2D eigenvalue weighted by Crippen LogP contribution is -2.28. The molecule has 0 aliphatic carbocycles. The predicted octanol–water partition coefficient (Wildman–Crippen LogP) is 16.5. The highest BCUT2D eigenvalue weighted by atomic mass is 31.2. The Morgan fingerprint density at radius 1 is 0.484 bits per heavy atom. The second-order valence-corrected chi connectivity index (χ2v) is 19.2. The van der Waals surface area contributed by atoms with Crippen LogP contribution >= 0.6 is 7.82 Å². The molecule has 0 saturated heterocycles. The third-order valence-corrected chi connectivity index (χ3v) is 12.5. The molecule has 0 aromatic carbocycles. The van der Waals surface area contributed by atoms with Crippen LogP contribution in [0.5, 0.6) is 0 Å². The Labute approximate surface area is 384 Å². The van der Waals surface area contributed by atoms with Gasteiger partial charge in [0, 0.05) is 19.6 Å². The van der Waals surface area contributed by atoms with Crippen LogP contribution in [0.4, 0.5) is 0 Å². The second-order valence-electron chi connectivity index (χ2n) is 17.7. The number of unbranched alkanes of at least 4 members (excludes halogenated alkanes) is 32. The van der Waals surface area contributed by atoms with Gasteiger partial charge < -0.3 is 20.1 Å². The van der Waals surface area contributed by atoms with E-state index >= 15 is 0 Å². The van der Waals surface area contributed by atoms with Crippen LogP contribution in [-0.2, 0) is 27.9 Å². The fraction of sp³-hybridized carbons (Fsp3) is 0.868. The van der Waals surface area contributed by atoms with E-state index in [9.17, 15) is 14.3 Å². The molecule has 0 aliphatic rings. The number of phosphoric acid groups is 1. The van der Waals surface area contributed by atoms with Crippen molar-refractivity contribution < 1.29 is 32.8 Å². The summed E-state index contributed by atoms with van der Waals surface area (Å²) in [5.41, 5.74) is 5.39. The highest BCUT2D eigenvalue weighted by molar-refractivity contribution is 7.47. The van der Waals surface area contributed by atoms with Gasteiger partial charge in [-0.2, -0.15) is 0 Å². The van der Waals surface area contributed by atoms with Gasteiger partial charge in [-0.3, -0.25) is 13.8 Å². The second kappa shape index (κ2) is 50.7. The van der Waals surface area contributed by atoms with Gasteiger partial charge in [0.05, 0.1) is 19.8 Å². The summed E-state index contributed by atoms with van der Waals surface area (Å²) < 4.78 is 33.6. The third kappa shape index (κ3) is 49.7. The maximum Gasteiger partial charge on any atom is 0.472 e. The molecule has 0 spiro atoms. The fourth-order valence-electron chi connectivity index (χ4n) is 7.61. The fourth-order valence-corrected chi connectivity index (χ4v) is 8.38. The molecule has 0 saturated carbocycles. The van der Waals surface area contributed by atoms with Crippen molar-refractivity contribution in [1.82, 2.24) is 0 Å². The van der Waals surface area contributed by atoms with Gasteiger partial charge in [-0.15, -0.1) is 0 Å². The summed E-state index contributed by atoms with van der Waals surface area (Å²) in [6.45, 7) is 4.93. The summed E-state index contributed by atoms with van der Waals surface area (Å²) in [5.74, 6) is -0.329. The van der Waals surface area contributed by atoms with Gasteiger partial charge >= 0.3 is 13.8 Å². The molecule has 2 atom stereocenters. The number of carbonyl (C=O) groups is 1. The number of hydrogen-bond donors (Lipinski definition) is 2. The highest BCUT2D eigenvalue weighted by Crippen LogP contribution is 2.43. The van der Waals surface area contributed by atoms with Crippen molar-refractivity contribution in [3.63, 3.8) is 0 Å². The summed E-state index contributed by atoms with van der Waals surface area (Å²) in [7, 11) is -4.28. The Bertz CT molecular complexity index is 1050. The number of nitrogens with two attached hydrogens (primary N) is 1. The molecule has 0 radical (unpaired) electrons.